The van der Waals surface area contributed by atoms with E-state index in [-0.39, 0.29) is 5.25 Å². The molecule has 5 heteroatoms. The summed E-state index contributed by atoms with van der Waals surface area (Å²) in [5.74, 6) is 0. The average molecular weight is 324 g/mol. The van der Waals surface area contributed by atoms with E-state index in [0.717, 1.165) is 17.4 Å². The van der Waals surface area contributed by atoms with Crippen LogP contribution in [0, 0.1) is 0 Å². The van der Waals surface area contributed by atoms with E-state index in [1.165, 1.54) is 4.88 Å². The first-order valence-electron chi connectivity index (χ1n) is 5.30. The molecule has 92 valence electrons. The second kappa shape index (κ2) is 6.89. The van der Waals surface area contributed by atoms with Gasteiger partial charge in [0.2, 0.25) is 0 Å². The van der Waals surface area contributed by atoms with Crippen LogP contribution < -0.4 is 5.32 Å². The molecule has 0 aromatic carbocycles. The quantitative estimate of drug-likeness (QED) is 0.870. The van der Waals surface area contributed by atoms with Crippen molar-refractivity contribution in [3.8, 4) is 0 Å². The van der Waals surface area contributed by atoms with Gasteiger partial charge in [0.15, 0.2) is 0 Å². The zero-order valence-corrected chi connectivity index (χ0v) is 13.0. The van der Waals surface area contributed by atoms with Gasteiger partial charge in [0.1, 0.15) is 0 Å². The molecule has 0 radical (unpaired) electrons. The molecule has 0 saturated carbocycles. The molecule has 0 aliphatic carbocycles. The number of hydrogen-bond donors (Lipinski definition) is 1. The van der Waals surface area contributed by atoms with Gasteiger partial charge in [-0.2, -0.15) is 0 Å². The normalized spacial score (nSPS) is 17.0. The molecule has 3 atom stereocenters. The molecule has 2 nitrogen and oxygen atoms in total. The highest BCUT2D eigenvalue weighted by Gasteiger charge is 2.09. The molecule has 1 rings (SSSR count). The first kappa shape index (κ1) is 14.4. The molecule has 0 aliphatic heterocycles. The van der Waals surface area contributed by atoms with Gasteiger partial charge < -0.3 is 5.32 Å². The largest absolute Gasteiger partial charge is 0.309 e. The Morgan fingerprint density at radius 1 is 1.56 bits per heavy atom. The van der Waals surface area contributed by atoms with Crippen LogP contribution in [-0.4, -0.2) is 22.3 Å². The first-order valence-corrected chi connectivity index (χ1v) is 8.59. The average Bonchev–Trinajstić information content (AvgIpc) is 2.64. The van der Waals surface area contributed by atoms with Gasteiger partial charge in [0.25, 0.3) is 0 Å². The molecule has 16 heavy (non-hydrogen) atoms. The number of halogens is 1. The number of hydrogen-bond acceptors (Lipinski definition) is 3. The molecule has 0 unspecified atom stereocenters. The fraction of sp³-hybridized carbons (Fsp3) is 0.636. The third-order valence-electron chi connectivity index (χ3n) is 2.58. The monoisotopic (exact) mass is 323 g/mol. The predicted molar refractivity (Wildman–Crippen MR) is 76.6 cm³/mol. The fourth-order valence-corrected chi connectivity index (χ4v) is 3.25. The molecule has 1 aromatic rings. The van der Waals surface area contributed by atoms with Crippen LogP contribution in [-0.2, 0) is 10.8 Å². The van der Waals surface area contributed by atoms with Crippen molar-refractivity contribution in [3.05, 3.63) is 20.8 Å². The van der Waals surface area contributed by atoms with Crippen LogP contribution in [0.15, 0.2) is 15.9 Å². The molecule has 1 N–H and O–H groups in total. The molecule has 1 heterocycles. The van der Waals surface area contributed by atoms with Crippen molar-refractivity contribution in [3.63, 3.8) is 0 Å². The van der Waals surface area contributed by atoms with Crippen molar-refractivity contribution in [1.82, 2.24) is 5.32 Å². The standard InChI is InChI=1S/C11H18BrNOS2/c1-8(16(3)14)4-5-13-9(2)11-6-10(12)7-15-11/h6-9,13H,4-5H2,1-3H3/t8-,9+,16+/m1/s1. The Kier molecular flexibility index (Phi) is 6.18. The van der Waals surface area contributed by atoms with Crippen LogP contribution in [0.1, 0.15) is 31.2 Å². The Labute approximate surface area is 112 Å². The van der Waals surface area contributed by atoms with Gasteiger partial charge >= 0.3 is 0 Å². The first-order chi connectivity index (χ1) is 7.50. The molecule has 0 bridgehead atoms. The lowest BCUT2D eigenvalue weighted by atomic mass is 10.2. The summed E-state index contributed by atoms with van der Waals surface area (Å²) in [6.07, 6.45) is 2.73. The molecule has 1 aromatic heterocycles. The zero-order chi connectivity index (χ0) is 12.1. The highest BCUT2D eigenvalue weighted by atomic mass is 79.9. The number of nitrogens with one attached hydrogen (secondary N) is 1. The highest BCUT2D eigenvalue weighted by molar-refractivity contribution is 9.10. The second-order valence-electron chi connectivity index (χ2n) is 3.94. The maximum atomic E-state index is 11.2. The predicted octanol–water partition coefficient (Wildman–Crippen LogP) is 3.32. The third-order valence-corrected chi connectivity index (χ3v) is 5.83. The molecular formula is C11H18BrNOS2. The van der Waals surface area contributed by atoms with E-state index < -0.39 is 10.8 Å². The van der Waals surface area contributed by atoms with Gasteiger partial charge in [0, 0.05) is 43.1 Å². The molecule has 0 saturated heterocycles. The van der Waals surface area contributed by atoms with Crippen LogP contribution >= 0.6 is 27.3 Å². The van der Waals surface area contributed by atoms with Crippen molar-refractivity contribution in [2.75, 3.05) is 12.8 Å². The lowest BCUT2D eigenvalue weighted by Crippen LogP contribution is -2.23. The van der Waals surface area contributed by atoms with Gasteiger partial charge in [-0.1, -0.05) is 6.92 Å². The van der Waals surface area contributed by atoms with Crippen LogP contribution in [0.5, 0.6) is 0 Å². The summed E-state index contributed by atoms with van der Waals surface area (Å²) in [6, 6.07) is 2.51. The van der Waals surface area contributed by atoms with Gasteiger partial charge in [-0.25, -0.2) is 0 Å². The molecule has 0 spiro atoms. The number of rotatable bonds is 6. The minimum Gasteiger partial charge on any atom is -0.309 e. The topological polar surface area (TPSA) is 29.1 Å². The van der Waals surface area contributed by atoms with Crippen LogP contribution in [0.2, 0.25) is 0 Å². The van der Waals surface area contributed by atoms with E-state index >= 15 is 0 Å². The lowest BCUT2D eigenvalue weighted by Gasteiger charge is -2.14. The molecule has 0 fully saturated rings. The number of thiophene rings is 1. The SMILES string of the molecule is C[C@H](NCC[C@@H](C)[S@](C)=O)c1cc(Br)cs1. The van der Waals surface area contributed by atoms with E-state index in [1.807, 2.05) is 6.92 Å². The molecule has 0 amide bonds. The van der Waals surface area contributed by atoms with Gasteiger partial charge in [-0.05, 0) is 41.9 Å². The van der Waals surface area contributed by atoms with E-state index in [4.69, 9.17) is 0 Å². The summed E-state index contributed by atoms with van der Waals surface area (Å²) >= 11 is 5.21. The Bertz CT molecular complexity index is 354. The summed E-state index contributed by atoms with van der Waals surface area (Å²) < 4.78 is 12.3. The van der Waals surface area contributed by atoms with Crippen molar-refractivity contribution in [2.45, 2.75) is 31.6 Å². The third kappa shape index (κ3) is 4.65. The molecule has 0 aliphatic rings. The van der Waals surface area contributed by atoms with Crippen LogP contribution in [0.3, 0.4) is 0 Å². The molecular weight excluding hydrogens is 306 g/mol. The van der Waals surface area contributed by atoms with Crippen molar-refractivity contribution >= 4 is 38.1 Å². The highest BCUT2D eigenvalue weighted by Crippen LogP contribution is 2.25. The maximum Gasteiger partial charge on any atom is 0.0386 e. The summed E-state index contributed by atoms with van der Waals surface area (Å²) in [5.41, 5.74) is 0. The lowest BCUT2D eigenvalue weighted by molar-refractivity contribution is 0.560. The Morgan fingerprint density at radius 2 is 2.25 bits per heavy atom. The second-order valence-corrected chi connectivity index (χ2v) is 7.60. The van der Waals surface area contributed by atoms with Gasteiger partial charge in [-0.15, -0.1) is 11.3 Å². The van der Waals surface area contributed by atoms with Crippen molar-refractivity contribution < 1.29 is 4.21 Å². The summed E-state index contributed by atoms with van der Waals surface area (Å²) in [5, 5.41) is 5.82. The van der Waals surface area contributed by atoms with Crippen molar-refractivity contribution in [2.24, 2.45) is 0 Å². The smallest absolute Gasteiger partial charge is 0.0386 e. The summed E-state index contributed by atoms with van der Waals surface area (Å²) in [7, 11) is -0.710. The Hall–Kier alpha value is 0.290. The maximum absolute atomic E-state index is 11.2. The van der Waals surface area contributed by atoms with Crippen molar-refractivity contribution in [1.29, 1.82) is 0 Å². The Morgan fingerprint density at radius 3 is 2.75 bits per heavy atom. The van der Waals surface area contributed by atoms with Crippen LogP contribution in [0.4, 0.5) is 0 Å². The Balaban J connectivity index is 2.30. The van der Waals surface area contributed by atoms with Gasteiger partial charge in [-0.3, -0.25) is 4.21 Å². The fourth-order valence-electron chi connectivity index (χ4n) is 1.32. The van der Waals surface area contributed by atoms with E-state index in [1.54, 1.807) is 17.6 Å². The van der Waals surface area contributed by atoms with E-state index in [9.17, 15) is 4.21 Å². The minimum absolute atomic E-state index is 0.273. The van der Waals surface area contributed by atoms with Crippen LogP contribution in [0.25, 0.3) is 0 Å². The summed E-state index contributed by atoms with van der Waals surface area (Å²) in [4.78, 5) is 1.33. The van der Waals surface area contributed by atoms with E-state index in [2.05, 4.69) is 39.6 Å². The van der Waals surface area contributed by atoms with Gasteiger partial charge in [0.05, 0.1) is 0 Å². The van der Waals surface area contributed by atoms with E-state index in [0.29, 0.717) is 6.04 Å². The zero-order valence-electron chi connectivity index (χ0n) is 9.83. The summed E-state index contributed by atoms with van der Waals surface area (Å²) in [6.45, 7) is 5.10. The minimum atomic E-state index is -0.710.